The van der Waals surface area contributed by atoms with E-state index < -0.39 is 5.97 Å². The molecule has 7 nitrogen and oxygen atoms in total. The summed E-state index contributed by atoms with van der Waals surface area (Å²) in [5.74, 6) is -0.502. The number of methoxy groups -OCH3 is 1. The normalized spacial score (nSPS) is 10.5. The molecule has 0 fully saturated rings. The number of carbonyl (C=O) groups excluding carboxylic acids is 1. The molecule has 0 saturated heterocycles. The smallest absolute Gasteiger partial charge is 0.358 e. The van der Waals surface area contributed by atoms with Crippen LogP contribution in [0.25, 0.3) is 0 Å². The van der Waals surface area contributed by atoms with Gasteiger partial charge in [0.25, 0.3) is 0 Å². The van der Waals surface area contributed by atoms with E-state index >= 15 is 0 Å². The van der Waals surface area contributed by atoms with Crippen molar-refractivity contribution < 1.29 is 19.0 Å². The number of nitrogens with two attached hydrogens (primary N) is 1. The van der Waals surface area contributed by atoms with Crippen LogP contribution in [0.2, 0.25) is 0 Å². The molecule has 2 N–H and O–H groups in total. The first kappa shape index (κ1) is 13.5. The van der Waals surface area contributed by atoms with Crippen LogP contribution in [0.1, 0.15) is 10.5 Å². The lowest BCUT2D eigenvalue weighted by Crippen LogP contribution is -2.16. The molecule has 0 bridgehead atoms. The van der Waals surface area contributed by atoms with Gasteiger partial charge >= 0.3 is 5.97 Å². The number of esters is 1. The van der Waals surface area contributed by atoms with Crippen molar-refractivity contribution in [3.05, 3.63) is 11.9 Å². The van der Waals surface area contributed by atoms with E-state index in [-0.39, 0.29) is 12.3 Å². The van der Waals surface area contributed by atoms with Gasteiger partial charge in [0.15, 0.2) is 5.69 Å². The maximum absolute atomic E-state index is 11.6. The van der Waals surface area contributed by atoms with Crippen molar-refractivity contribution in [2.45, 2.75) is 0 Å². The number of aromatic nitrogens is 2. The standard InChI is InChI=1S/C10H17N3O4/c1-13-9(8(11)7-12-13)10(14)17-6-5-16-4-3-15-2/h7H,3-6,11H2,1-2H3. The third-order valence-electron chi connectivity index (χ3n) is 2.05. The predicted molar refractivity (Wildman–Crippen MR) is 60.6 cm³/mol. The first-order valence-electron chi connectivity index (χ1n) is 5.18. The van der Waals surface area contributed by atoms with Gasteiger partial charge in [-0.05, 0) is 0 Å². The molecule has 0 aliphatic rings. The Labute approximate surface area is 99.4 Å². The van der Waals surface area contributed by atoms with Gasteiger partial charge in [-0.2, -0.15) is 5.10 Å². The minimum Gasteiger partial charge on any atom is -0.458 e. The summed E-state index contributed by atoms with van der Waals surface area (Å²) in [6.45, 7) is 1.49. The molecule has 0 radical (unpaired) electrons. The summed E-state index contributed by atoms with van der Waals surface area (Å²) in [7, 11) is 3.22. The monoisotopic (exact) mass is 243 g/mol. The summed E-state index contributed by atoms with van der Waals surface area (Å²) in [5.41, 5.74) is 6.14. The summed E-state index contributed by atoms with van der Waals surface area (Å²) in [4.78, 5) is 11.6. The SMILES string of the molecule is COCCOCCOC(=O)c1c(N)cnn1C. The van der Waals surface area contributed by atoms with Gasteiger partial charge in [-0.3, -0.25) is 4.68 Å². The second-order valence-electron chi connectivity index (χ2n) is 3.31. The molecular formula is C10H17N3O4. The molecule has 0 spiro atoms. The van der Waals surface area contributed by atoms with Gasteiger partial charge in [0.05, 0.1) is 31.7 Å². The van der Waals surface area contributed by atoms with Crippen LogP contribution in [0.3, 0.4) is 0 Å². The van der Waals surface area contributed by atoms with Crippen molar-refractivity contribution in [1.29, 1.82) is 0 Å². The maximum atomic E-state index is 11.6. The van der Waals surface area contributed by atoms with Crippen LogP contribution in [-0.4, -0.2) is 49.3 Å². The van der Waals surface area contributed by atoms with Crippen molar-refractivity contribution in [3.8, 4) is 0 Å². The molecule has 1 rings (SSSR count). The number of aryl methyl sites for hydroxylation is 1. The Hall–Kier alpha value is -1.60. The van der Waals surface area contributed by atoms with Crippen LogP contribution in [0.5, 0.6) is 0 Å². The van der Waals surface area contributed by atoms with E-state index in [0.29, 0.717) is 25.5 Å². The van der Waals surface area contributed by atoms with E-state index in [2.05, 4.69) is 5.10 Å². The van der Waals surface area contributed by atoms with Crippen molar-refractivity contribution in [3.63, 3.8) is 0 Å². The minimum absolute atomic E-state index is 0.174. The van der Waals surface area contributed by atoms with E-state index in [0.717, 1.165) is 0 Å². The zero-order valence-electron chi connectivity index (χ0n) is 10.0. The van der Waals surface area contributed by atoms with E-state index in [4.69, 9.17) is 19.9 Å². The van der Waals surface area contributed by atoms with E-state index in [1.54, 1.807) is 14.2 Å². The topological polar surface area (TPSA) is 88.6 Å². The van der Waals surface area contributed by atoms with Crippen molar-refractivity contribution in [2.75, 3.05) is 39.3 Å². The molecular weight excluding hydrogens is 226 g/mol. The Bertz CT molecular complexity index is 345. The minimum atomic E-state index is -0.502. The molecule has 0 aromatic carbocycles. The molecule has 0 atom stereocenters. The van der Waals surface area contributed by atoms with Gasteiger partial charge in [0.2, 0.25) is 0 Å². The Kier molecular flexibility index (Phi) is 5.44. The fourth-order valence-corrected chi connectivity index (χ4v) is 1.21. The zero-order chi connectivity index (χ0) is 12.7. The molecule has 96 valence electrons. The van der Waals surface area contributed by atoms with Crippen LogP contribution < -0.4 is 5.73 Å². The molecule has 0 amide bonds. The largest absolute Gasteiger partial charge is 0.458 e. The zero-order valence-corrected chi connectivity index (χ0v) is 10.0. The average Bonchev–Trinajstić information content (AvgIpc) is 2.63. The highest BCUT2D eigenvalue weighted by molar-refractivity contribution is 5.92. The van der Waals surface area contributed by atoms with Gasteiger partial charge in [-0.15, -0.1) is 0 Å². The van der Waals surface area contributed by atoms with Crippen LogP contribution in [0, 0.1) is 0 Å². The number of hydrogen-bond donors (Lipinski definition) is 1. The fourth-order valence-electron chi connectivity index (χ4n) is 1.21. The summed E-state index contributed by atoms with van der Waals surface area (Å²) in [6.07, 6.45) is 1.41. The Morgan fingerprint density at radius 2 is 2.12 bits per heavy atom. The van der Waals surface area contributed by atoms with Gasteiger partial charge < -0.3 is 19.9 Å². The molecule has 0 unspecified atom stereocenters. The second-order valence-corrected chi connectivity index (χ2v) is 3.31. The third-order valence-corrected chi connectivity index (χ3v) is 2.05. The molecule has 1 aromatic rings. The lowest BCUT2D eigenvalue weighted by molar-refractivity contribution is 0.0206. The van der Waals surface area contributed by atoms with Crippen LogP contribution >= 0.6 is 0 Å². The Balaban J connectivity index is 2.26. The lowest BCUT2D eigenvalue weighted by atomic mass is 10.4. The molecule has 0 saturated carbocycles. The molecule has 1 aromatic heterocycles. The van der Waals surface area contributed by atoms with E-state index in [1.807, 2.05) is 0 Å². The number of rotatable bonds is 7. The molecule has 0 aliphatic carbocycles. The number of anilines is 1. The fraction of sp³-hybridized carbons (Fsp3) is 0.600. The van der Waals surface area contributed by atoms with Gasteiger partial charge in [-0.1, -0.05) is 0 Å². The number of ether oxygens (including phenoxy) is 3. The predicted octanol–water partition coefficient (Wildman–Crippen LogP) is -0.178. The average molecular weight is 243 g/mol. The van der Waals surface area contributed by atoms with Crippen molar-refractivity contribution in [2.24, 2.45) is 7.05 Å². The molecule has 17 heavy (non-hydrogen) atoms. The number of nitrogens with zero attached hydrogens (tertiary/aromatic N) is 2. The lowest BCUT2D eigenvalue weighted by Gasteiger charge is -2.06. The molecule has 7 heteroatoms. The van der Waals surface area contributed by atoms with Gasteiger partial charge in [0, 0.05) is 14.2 Å². The first-order valence-corrected chi connectivity index (χ1v) is 5.18. The summed E-state index contributed by atoms with van der Waals surface area (Å²) in [6, 6.07) is 0. The third kappa shape index (κ3) is 4.04. The number of carbonyl (C=O) groups is 1. The Morgan fingerprint density at radius 1 is 1.41 bits per heavy atom. The quantitative estimate of drug-likeness (QED) is 0.528. The van der Waals surface area contributed by atoms with E-state index in [1.165, 1.54) is 10.9 Å². The first-order chi connectivity index (χ1) is 8.16. The van der Waals surface area contributed by atoms with E-state index in [9.17, 15) is 4.79 Å². The highest BCUT2D eigenvalue weighted by Gasteiger charge is 2.15. The molecule has 0 aliphatic heterocycles. The molecule has 1 heterocycles. The van der Waals surface area contributed by atoms with Crippen molar-refractivity contribution >= 4 is 11.7 Å². The number of nitrogen functional groups attached to an aromatic ring is 1. The van der Waals surface area contributed by atoms with Crippen molar-refractivity contribution in [1.82, 2.24) is 9.78 Å². The number of hydrogen-bond acceptors (Lipinski definition) is 6. The maximum Gasteiger partial charge on any atom is 0.358 e. The highest BCUT2D eigenvalue weighted by Crippen LogP contribution is 2.10. The van der Waals surface area contributed by atoms with Crippen LogP contribution in [0.4, 0.5) is 5.69 Å². The summed E-state index contributed by atoms with van der Waals surface area (Å²) in [5, 5.41) is 3.85. The summed E-state index contributed by atoms with van der Waals surface area (Å²) < 4.78 is 16.3. The Morgan fingerprint density at radius 3 is 2.71 bits per heavy atom. The summed E-state index contributed by atoms with van der Waals surface area (Å²) >= 11 is 0. The van der Waals surface area contributed by atoms with Gasteiger partial charge in [0.1, 0.15) is 6.61 Å². The van der Waals surface area contributed by atoms with Crippen LogP contribution in [0.15, 0.2) is 6.20 Å². The highest BCUT2D eigenvalue weighted by atomic mass is 16.6. The second kappa shape index (κ2) is 6.87. The van der Waals surface area contributed by atoms with Gasteiger partial charge in [-0.25, -0.2) is 4.79 Å². The van der Waals surface area contributed by atoms with Crippen LogP contribution in [-0.2, 0) is 21.3 Å².